The van der Waals surface area contributed by atoms with Crippen LogP contribution in [0.2, 0.25) is 0 Å². The van der Waals surface area contributed by atoms with Crippen LogP contribution in [-0.2, 0) is 0 Å². The van der Waals surface area contributed by atoms with E-state index in [1.165, 1.54) is 0 Å². The molecule has 2 heteroatoms. The van der Waals surface area contributed by atoms with Crippen molar-refractivity contribution >= 4 is 5.69 Å². The van der Waals surface area contributed by atoms with Gasteiger partial charge in [0, 0.05) is 16.8 Å². The van der Waals surface area contributed by atoms with E-state index in [0.717, 1.165) is 17.0 Å². The van der Waals surface area contributed by atoms with Crippen LogP contribution in [0, 0.1) is 0 Å². The Morgan fingerprint density at radius 1 is 1.00 bits per heavy atom. The second-order valence-corrected chi connectivity index (χ2v) is 4.93. The second kappa shape index (κ2) is 4.05. The average molecular weight is 215 g/mol. The first-order valence-electron chi connectivity index (χ1n) is 5.47. The van der Waals surface area contributed by atoms with Crippen LogP contribution in [0.3, 0.4) is 0 Å². The van der Waals surface area contributed by atoms with Crippen LogP contribution in [0.15, 0.2) is 47.1 Å². The van der Waals surface area contributed by atoms with E-state index in [0.29, 0.717) is 0 Å². The number of hydrogen-bond donors (Lipinski definition) is 1. The Morgan fingerprint density at radius 3 is 2.19 bits per heavy atom. The smallest absolute Gasteiger partial charge is 0.133 e. The minimum Gasteiger partial charge on any atom is -0.464 e. The van der Waals surface area contributed by atoms with E-state index in [1.54, 1.807) is 6.26 Å². The van der Waals surface area contributed by atoms with Crippen molar-refractivity contribution in [2.75, 3.05) is 5.32 Å². The lowest BCUT2D eigenvalue weighted by Crippen LogP contribution is -2.25. The summed E-state index contributed by atoms with van der Waals surface area (Å²) >= 11 is 0. The van der Waals surface area contributed by atoms with Gasteiger partial charge in [-0.05, 0) is 57.2 Å². The summed E-state index contributed by atoms with van der Waals surface area (Å²) in [5, 5.41) is 3.42. The van der Waals surface area contributed by atoms with E-state index < -0.39 is 0 Å². The molecule has 0 radical (unpaired) electrons. The first-order valence-corrected chi connectivity index (χ1v) is 5.47. The third-order valence-corrected chi connectivity index (χ3v) is 2.21. The molecule has 0 atom stereocenters. The fraction of sp³-hybridized carbons (Fsp3) is 0.286. The molecule has 0 aliphatic heterocycles. The first-order chi connectivity index (χ1) is 7.54. The summed E-state index contributed by atoms with van der Waals surface area (Å²) in [6, 6.07) is 12.1. The molecule has 0 bridgehead atoms. The zero-order valence-electron chi connectivity index (χ0n) is 9.95. The first kappa shape index (κ1) is 10.8. The van der Waals surface area contributed by atoms with Crippen LogP contribution < -0.4 is 5.32 Å². The number of hydrogen-bond acceptors (Lipinski definition) is 2. The Balaban J connectivity index is 2.17. The minimum absolute atomic E-state index is 0.0895. The highest BCUT2D eigenvalue weighted by molar-refractivity contribution is 5.61. The maximum atomic E-state index is 5.34. The molecule has 0 saturated carbocycles. The summed E-state index contributed by atoms with van der Waals surface area (Å²) in [5.74, 6) is 0.905. The van der Waals surface area contributed by atoms with Gasteiger partial charge in [-0.2, -0.15) is 0 Å². The number of nitrogens with one attached hydrogen (secondary N) is 1. The molecule has 2 rings (SSSR count). The maximum Gasteiger partial charge on any atom is 0.133 e. The largest absolute Gasteiger partial charge is 0.464 e. The van der Waals surface area contributed by atoms with Gasteiger partial charge >= 0.3 is 0 Å². The van der Waals surface area contributed by atoms with Crippen molar-refractivity contribution in [2.24, 2.45) is 0 Å². The molecule has 0 unspecified atom stereocenters. The van der Waals surface area contributed by atoms with Gasteiger partial charge in [-0.25, -0.2) is 0 Å². The highest BCUT2D eigenvalue weighted by Crippen LogP contribution is 2.22. The number of anilines is 1. The highest BCUT2D eigenvalue weighted by Gasteiger charge is 2.09. The normalized spacial score (nSPS) is 11.4. The predicted molar refractivity (Wildman–Crippen MR) is 67.5 cm³/mol. The van der Waals surface area contributed by atoms with E-state index in [2.05, 4.69) is 50.4 Å². The van der Waals surface area contributed by atoms with E-state index in [-0.39, 0.29) is 5.54 Å². The molecule has 0 aliphatic carbocycles. The minimum atomic E-state index is 0.0895. The molecule has 0 amide bonds. The molecule has 0 spiro atoms. The van der Waals surface area contributed by atoms with Gasteiger partial charge in [0.1, 0.15) is 5.76 Å². The van der Waals surface area contributed by atoms with Crippen molar-refractivity contribution < 1.29 is 4.42 Å². The van der Waals surface area contributed by atoms with Gasteiger partial charge in [0.25, 0.3) is 0 Å². The van der Waals surface area contributed by atoms with E-state index in [9.17, 15) is 0 Å². The van der Waals surface area contributed by atoms with Gasteiger partial charge in [-0.3, -0.25) is 0 Å². The summed E-state index contributed by atoms with van der Waals surface area (Å²) in [6.07, 6.45) is 1.69. The summed E-state index contributed by atoms with van der Waals surface area (Å²) in [6.45, 7) is 6.44. The zero-order valence-corrected chi connectivity index (χ0v) is 9.95. The van der Waals surface area contributed by atoms with Crippen molar-refractivity contribution in [3.05, 3.63) is 42.7 Å². The average Bonchev–Trinajstić information content (AvgIpc) is 2.69. The summed E-state index contributed by atoms with van der Waals surface area (Å²) in [7, 11) is 0. The lowest BCUT2D eigenvalue weighted by atomic mass is 10.1. The van der Waals surface area contributed by atoms with Crippen LogP contribution >= 0.6 is 0 Å². The lowest BCUT2D eigenvalue weighted by Gasteiger charge is -2.22. The molecule has 2 nitrogen and oxygen atoms in total. The summed E-state index contributed by atoms with van der Waals surface area (Å²) < 4.78 is 5.34. The standard InChI is InChI=1S/C14H17NO/c1-14(2,3)15-12-8-6-11(7-9-12)13-5-4-10-16-13/h4-10,15H,1-3H3. The van der Waals surface area contributed by atoms with Crippen molar-refractivity contribution in [3.63, 3.8) is 0 Å². The Hall–Kier alpha value is -1.70. The molecule has 84 valence electrons. The molecular weight excluding hydrogens is 198 g/mol. The molecular formula is C14H17NO. The fourth-order valence-corrected chi connectivity index (χ4v) is 1.59. The molecule has 0 saturated heterocycles. The third-order valence-electron chi connectivity index (χ3n) is 2.21. The molecule has 1 heterocycles. The van der Waals surface area contributed by atoms with Gasteiger partial charge in [0.05, 0.1) is 6.26 Å². The van der Waals surface area contributed by atoms with Crippen molar-refractivity contribution in [1.29, 1.82) is 0 Å². The Morgan fingerprint density at radius 2 is 1.69 bits per heavy atom. The third kappa shape index (κ3) is 2.66. The maximum absolute atomic E-state index is 5.34. The Kier molecular flexibility index (Phi) is 2.73. The topological polar surface area (TPSA) is 25.2 Å². The van der Waals surface area contributed by atoms with Gasteiger partial charge < -0.3 is 9.73 Å². The number of benzene rings is 1. The predicted octanol–water partition coefficient (Wildman–Crippen LogP) is 4.16. The SMILES string of the molecule is CC(C)(C)Nc1ccc(-c2ccco2)cc1. The van der Waals surface area contributed by atoms with Gasteiger partial charge in [0.15, 0.2) is 0 Å². The van der Waals surface area contributed by atoms with Gasteiger partial charge in [-0.15, -0.1) is 0 Å². The molecule has 16 heavy (non-hydrogen) atoms. The summed E-state index contributed by atoms with van der Waals surface area (Å²) in [4.78, 5) is 0. The van der Waals surface area contributed by atoms with Crippen molar-refractivity contribution in [2.45, 2.75) is 26.3 Å². The number of furan rings is 1. The van der Waals surface area contributed by atoms with E-state index >= 15 is 0 Å². The molecule has 0 aliphatic rings. The van der Waals surface area contributed by atoms with Crippen LogP contribution in [0.25, 0.3) is 11.3 Å². The number of rotatable bonds is 2. The van der Waals surface area contributed by atoms with Crippen LogP contribution in [0.1, 0.15) is 20.8 Å². The van der Waals surface area contributed by atoms with E-state index in [4.69, 9.17) is 4.42 Å². The molecule has 1 N–H and O–H groups in total. The monoisotopic (exact) mass is 215 g/mol. The Bertz CT molecular complexity index is 435. The fourth-order valence-electron chi connectivity index (χ4n) is 1.59. The summed E-state index contributed by atoms with van der Waals surface area (Å²) in [5.41, 5.74) is 2.32. The quantitative estimate of drug-likeness (QED) is 0.813. The molecule has 2 aromatic rings. The molecule has 0 fully saturated rings. The van der Waals surface area contributed by atoms with Crippen molar-refractivity contribution in [3.8, 4) is 11.3 Å². The Labute approximate surface area is 96.3 Å². The van der Waals surface area contributed by atoms with E-state index in [1.807, 2.05) is 12.1 Å². The van der Waals surface area contributed by atoms with Crippen LogP contribution in [0.4, 0.5) is 5.69 Å². The van der Waals surface area contributed by atoms with Crippen LogP contribution in [0.5, 0.6) is 0 Å². The van der Waals surface area contributed by atoms with Crippen molar-refractivity contribution in [1.82, 2.24) is 0 Å². The van der Waals surface area contributed by atoms with Gasteiger partial charge in [0.2, 0.25) is 0 Å². The zero-order chi connectivity index (χ0) is 11.6. The van der Waals surface area contributed by atoms with Crippen LogP contribution in [-0.4, -0.2) is 5.54 Å². The second-order valence-electron chi connectivity index (χ2n) is 4.93. The highest BCUT2D eigenvalue weighted by atomic mass is 16.3. The molecule has 1 aromatic heterocycles. The lowest BCUT2D eigenvalue weighted by molar-refractivity contribution is 0.582. The molecule has 1 aromatic carbocycles. The van der Waals surface area contributed by atoms with Gasteiger partial charge in [-0.1, -0.05) is 0 Å².